The van der Waals surface area contributed by atoms with Crippen LogP contribution in [0.15, 0.2) is 65.7 Å². The molecular weight excluding hydrogens is 615 g/mol. The van der Waals surface area contributed by atoms with Crippen LogP contribution in [0.1, 0.15) is 25.0 Å². The van der Waals surface area contributed by atoms with E-state index in [4.69, 9.17) is 9.47 Å². The smallest absolute Gasteiger partial charge is 1.00 e. The van der Waals surface area contributed by atoms with Crippen molar-refractivity contribution in [3.8, 4) is 11.5 Å². The molecule has 1 saturated heterocycles. The van der Waals surface area contributed by atoms with Crippen LogP contribution >= 0.6 is 0 Å². The summed E-state index contributed by atoms with van der Waals surface area (Å²) in [5.41, 5.74) is 0.204. The Balaban J connectivity index is 0.00000405. The molecule has 5 rings (SSSR count). The molecule has 11 nitrogen and oxygen atoms in total. The fraction of sp³-hybridized carbons (Fsp3) is 0.310. The summed E-state index contributed by atoms with van der Waals surface area (Å²) in [5.74, 6) is -0.910. The topological polar surface area (TPSA) is 172 Å². The van der Waals surface area contributed by atoms with Gasteiger partial charge in [0, 0.05) is 43.5 Å². The van der Waals surface area contributed by atoms with Crippen molar-refractivity contribution < 1.29 is 84.3 Å². The van der Waals surface area contributed by atoms with Gasteiger partial charge in [0.15, 0.2) is 0 Å². The number of ether oxygens (including phenoxy) is 2. The van der Waals surface area contributed by atoms with Crippen molar-refractivity contribution in [1.82, 2.24) is 4.90 Å². The number of nitrogens with zero attached hydrogens (tertiary/aromatic N) is 4. The Morgan fingerprint density at radius 1 is 0.956 bits per heavy atom. The van der Waals surface area contributed by atoms with Crippen LogP contribution in [0.5, 0.6) is 11.5 Å². The van der Waals surface area contributed by atoms with Gasteiger partial charge in [0.05, 0.1) is 37.9 Å². The normalized spacial score (nSPS) is 15.6. The van der Waals surface area contributed by atoms with Crippen LogP contribution in [-0.4, -0.2) is 78.8 Å². The minimum absolute atomic E-state index is 0. The summed E-state index contributed by atoms with van der Waals surface area (Å²) in [6.07, 6.45) is -5.18. The van der Waals surface area contributed by atoms with Crippen molar-refractivity contribution in [2.24, 2.45) is 4.99 Å². The van der Waals surface area contributed by atoms with Gasteiger partial charge in [-0.3, -0.25) is 4.79 Å². The van der Waals surface area contributed by atoms with E-state index in [1.807, 2.05) is 29.2 Å². The molecule has 7 N–H and O–H groups in total. The molecule has 0 saturated carbocycles. The molecule has 2 aliphatic heterocycles. The number of benzene rings is 3. The molecule has 0 bridgehead atoms. The number of halogens is 4. The monoisotopic (exact) mass is 650 g/mol. The predicted molar refractivity (Wildman–Crippen MR) is 158 cm³/mol. The third-order valence-corrected chi connectivity index (χ3v) is 7.23. The van der Waals surface area contributed by atoms with Gasteiger partial charge < -0.3 is 47.1 Å². The number of anilines is 2. The maximum absolute atomic E-state index is 15.1. The number of para-hydroxylation sites is 1. The summed E-state index contributed by atoms with van der Waals surface area (Å²) in [5, 5.41) is 9.83. The van der Waals surface area contributed by atoms with E-state index in [2.05, 4.69) is 9.89 Å². The molecule has 45 heavy (non-hydrogen) atoms. The van der Waals surface area contributed by atoms with Gasteiger partial charge in [0.25, 0.3) is 0 Å². The summed E-state index contributed by atoms with van der Waals surface area (Å²) >= 11 is 0. The Bertz CT molecular complexity index is 1490. The Kier molecular flexibility index (Phi) is 14.1. The minimum atomic E-state index is -4.66. The van der Waals surface area contributed by atoms with Crippen LogP contribution in [0, 0.1) is 5.82 Å². The number of hydrogen-bond donors (Lipinski definition) is 1. The second kappa shape index (κ2) is 16.1. The summed E-state index contributed by atoms with van der Waals surface area (Å²) in [7, 11) is 2.90. The SMILES string of the molecule is COc1cccc(N2CCN(C3=Nc4c(F)cccc4[C@H](CC(=O)O)N3c3cc(C(F)(F)F)ccc3OC)CC2)c1.O.O.O.[H-].[Na+]. The van der Waals surface area contributed by atoms with Gasteiger partial charge in [-0.05, 0) is 36.4 Å². The van der Waals surface area contributed by atoms with Gasteiger partial charge in [-0.2, -0.15) is 13.2 Å². The Labute approximate surface area is 280 Å². The van der Waals surface area contributed by atoms with Gasteiger partial charge in [-0.25, -0.2) is 9.38 Å². The van der Waals surface area contributed by atoms with Crippen molar-refractivity contribution in [1.29, 1.82) is 0 Å². The first kappa shape index (κ1) is 39.4. The van der Waals surface area contributed by atoms with E-state index in [0.29, 0.717) is 31.9 Å². The predicted octanol–water partition coefficient (Wildman–Crippen LogP) is 0.350. The molecule has 0 aliphatic carbocycles. The van der Waals surface area contributed by atoms with Gasteiger partial charge in [-0.15, -0.1) is 0 Å². The first-order chi connectivity index (χ1) is 19.6. The van der Waals surface area contributed by atoms with Crippen LogP contribution in [0.2, 0.25) is 0 Å². The summed E-state index contributed by atoms with van der Waals surface area (Å²) in [6.45, 7) is 1.82. The van der Waals surface area contributed by atoms with E-state index < -0.39 is 36.0 Å². The van der Waals surface area contributed by atoms with E-state index in [-0.39, 0.29) is 76.1 Å². The van der Waals surface area contributed by atoms with Crippen molar-refractivity contribution in [3.63, 3.8) is 0 Å². The largest absolute Gasteiger partial charge is 1.00 e. The fourth-order valence-corrected chi connectivity index (χ4v) is 5.24. The molecule has 242 valence electrons. The van der Waals surface area contributed by atoms with E-state index in [9.17, 15) is 23.1 Å². The molecule has 0 aromatic heterocycles. The number of rotatable bonds is 6. The van der Waals surface area contributed by atoms with Crippen LogP contribution in [0.3, 0.4) is 0 Å². The number of guanidine groups is 1. The first-order valence-electron chi connectivity index (χ1n) is 12.9. The molecule has 0 radical (unpaired) electrons. The Morgan fingerprint density at radius 2 is 1.60 bits per heavy atom. The minimum Gasteiger partial charge on any atom is -1.00 e. The van der Waals surface area contributed by atoms with E-state index >= 15 is 4.39 Å². The molecule has 0 spiro atoms. The zero-order valence-corrected chi connectivity index (χ0v) is 26.9. The van der Waals surface area contributed by atoms with Crippen molar-refractivity contribution >= 4 is 29.0 Å². The Morgan fingerprint density at radius 3 is 2.20 bits per heavy atom. The molecule has 0 unspecified atom stereocenters. The quantitative estimate of drug-likeness (QED) is 0.296. The first-order valence-corrected chi connectivity index (χ1v) is 12.9. The van der Waals surface area contributed by atoms with Crippen LogP contribution in [0.25, 0.3) is 0 Å². The molecule has 1 fully saturated rings. The number of carboxylic acids is 1. The zero-order valence-electron chi connectivity index (χ0n) is 25.9. The van der Waals surface area contributed by atoms with Crippen LogP contribution in [-0.2, 0) is 11.0 Å². The van der Waals surface area contributed by atoms with Gasteiger partial charge in [-0.1, -0.05) is 18.2 Å². The molecule has 16 heteroatoms. The summed E-state index contributed by atoms with van der Waals surface area (Å²) < 4.78 is 67.3. The summed E-state index contributed by atoms with van der Waals surface area (Å²) in [6, 6.07) is 13.7. The number of hydrogen-bond acceptors (Lipinski definition) is 7. The van der Waals surface area contributed by atoms with Crippen molar-refractivity contribution in [2.75, 3.05) is 50.2 Å². The van der Waals surface area contributed by atoms with Crippen molar-refractivity contribution in [2.45, 2.75) is 18.6 Å². The number of carboxylic acid groups (broad SMARTS) is 1. The number of piperazine rings is 1. The number of methoxy groups -OCH3 is 2. The van der Waals surface area contributed by atoms with E-state index in [0.717, 1.165) is 17.8 Å². The van der Waals surface area contributed by atoms with E-state index in [1.54, 1.807) is 13.2 Å². The number of aliphatic carboxylic acids is 1. The molecule has 0 amide bonds. The zero-order chi connectivity index (χ0) is 29.3. The molecule has 2 heterocycles. The molecule has 3 aromatic rings. The number of fused-ring (bicyclic) bond motifs is 1. The number of aliphatic imine (C=N–C) groups is 1. The average Bonchev–Trinajstić information content (AvgIpc) is 2.96. The van der Waals surface area contributed by atoms with Gasteiger partial charge in [0.2, 0.25) is 5.96 Å². The van der Waals surface area contributed by atoms with Crippen molar-refractivity contribution in [3.05, 3.63) is 77.6 Å². The molecular formula is C29H35F4N4NaO7. The molecule has 1 atom stereocenters. The second-order valence-electron chi connectivity index (χ2n) is 9.63. The van der Waals surface area contributed by atoms with Crippen LogP contribution in [0.4, 0.5) is 34.6 Å². The second-order valence-corrected chi connectivity index (χ2v) is 9.63. The summed E-state index contributed by atoms with van der Waals surface area (Å²) in [4.78, 5) is 22.0. The van der Waals surface area contributed by atoms with Gasteiger partial charge in [0.1, 0.15) is 23.0 Å². The van der Waals surface area contributed by atoms with E-state index in [1.165, 1.54) is 30.2 Å². The maximum Gasteiger partial charge on any atom is 1.00 e. The fourth-order valence-electron chi connectivity index (χ4n) is 5.24. The number of carbonyl (C=O) groups is 1. The maximum atomic E-state index is 15.1. The standard InChI is InChI=1S/C29H28F4N4O4.Na.3H2O.H/c1-40-20-6-3-5-19(16-20)35-11-13-36(14-12-35)28-34-27-21(7-4-8-22(27)30)23(17-26(38)39)37(28)24-15-18(29(31,32)33)9-10-25(24)41-2;;;;;/h3-10,15-16,23H,11-14,17H2,1-2H3,(H,38,39);;3*1H2;/q;+1;;;;-1/t23-;;;;;/m0...../s1. The number of alkyl halides is 3. The average molecular weight is 651 g/mol. The van der Waals surface area contributed by atoms with Gasteiger partial charge >= 0.3 is 41.7 Å². The Hall–Kier alpha value is -3.60. The molecule has 3 aromatic carbocycles. The third-order valence-electron chi connectivity index (χ3n) is 7.23. The van der Waals surface area contributed by atoms with Crippen LogP contribution < -0.4 is 48.8 Å². The molecule has 2 aliphatic rings. The third kappa shape index (κ3) is 8.17.